The molecule has 0 aliphatic heterocycles. The number of ether oxygens (including phenoxy) is 2. The first kappa shape index (κ1) is 22.2. The first-order valence-corrected chi connectivity index (χ1v) is 8.99. The average Bonchev–Trinajstić information content (AvgIpc) is 2.73. The van der Waals surface area contributed by atoms with E-state index < -0.39 is 11.6 Å². The van der Waals surface area contributed by atoms with Crippen LogP contribution in [0.1, 0.15) is 27.7 Å². The van der Waals surface area contributed by atoms with Crippen molar-refractivity contribution in [2.45, 2.75) is 33.2 Å². The predicted octanol–water partition coefficient (Wildman–Crippen LogP) is 3.70. The molecular weight excluding hydrogens is 328 g/mol. The molecule has 0 bridgehead atoms. The molecule has 0 radical (unpaired) electrons. The average molecular weight is 363 g/mol. The van der Waals surface area contributed by atoms with E-state index in [0.717, 1.165) is 17.7 Å². The molecule has 146 valence electrons. The highest BCUT2D eigenvalue weighted by Crippen LogP contribution is 2.32. The molecule has 1 atom stereocenters. The Morgan fingerprint density at radius 2 is 1.96 bits per heavy atom. The molecule has 0 aromatic rings. The second kappa shape index (κ2) is 9.74. The quantitative estimate of drug-likeness (QED) is 0.502. The number of carbonyl (C=O) groups excluding carboxylic acids is 1. The van der Waals surface area contributed by atoms with Gasteiger partial charge in [-0.3, -0.25) is 0 Å². The zero-order chi connectivity index (χ0) is 19.8. The van der Waals surface area contributed by atoms with Crippen LogP contribution in [0.5, 0.6) is 0 Å². The van der Waals surface area contributed by atoms with Crippen LogP contribution in [0.3, 0.4) is 0 Å². The monoisotopic (exact) mass is 362 g/mol. The first-order chi connectivity index (χ1) is 12.1. The van der Waals surface area contributed by atoms with Gasteiger partial charge in [0.05, 0.1) is 18.8 Å². The van der Waals surface area contributed by atoms with Crippen LogP contribution in [0.25, 0.3) is 0 Å². The number of alkyl carbamates (subject to hydrolysis) is 1. The number of likely N-dealkylation sites (N-methyl/N-ethyl adjacent to an activating group) is 1. The van der Waals surface area contributed by atoms with Crippen LogP contribution in [0.15, 0.2) is 48.1 Å². The van der Waals surface area contributed by atoms with Gasteiger partial charge < -0.3 is 19.7 Å². The van der Waals surface area contributed by atoms with Crippen LogP contribution in [-0.4, -0.2) is 57.0 Å². The molecular formula is C21H34N2O3. The fraction of sp³-hybridized carbons (Fsp3) is 0.571. The molecule has 5 heteroatoms. The molecule has 1 N–H and O–H groups in total. The van der Waals surface area contributed by atoms with E-state index in [9.17, 15) is 4.79 Å². The van der Waals surface area contributed by atoms with Crippen LogP contribution in [0.4, 0.5) is 4.79 Å². The topological polar surface area (TPSA) is 50.8 Å². The highest BCUT2D eigenvalue weighted by Gasteiger charge is 2.27. The first-order valence-electron chi connectivity index (χ1n) is 8.99. The molecule has 1 amide bonds. The van der Waals surface area contributed by atoms with E-state index in [-0.39, 0.29) is 12.0 Å². The molecule has 0 aromatic carbocycles. The minimum atomic E-state index is -0.552. The number of hydrogen-bond acceptors (Lipinski definition) is 4. The smallest absolute Gasteiger partial charge is 0.407 e. The Kier molecular flexibility index (Phi) is 8.31. The lowest BCUT2D eigenvalue weighted by atomic mass is 9.83. The highest BCUT2D eigenvalue weighted by molar-refractivity contribution is 5.69. The number of rotatable bonds is 9. The maximum absolute atomic E-state index is 12.1. The summed E-state index contributed by atoms with van der Waals surface area (Å²) in [6.45, 7) is 14.2. The third-order valence-corrected chi connectivity index (χ3v) is 4.53. The Morgan fingerprint density at radius 1 is 1.27 bits per heavy atom. The summed E-state index contributed by atoms with van der Waals surface area (Å²) < 4.78 is 10.6. The Bertz CT molecular complexity index is 588. The zero-order valence-corrected chi connectivity index (χ0v) is 17.1. The molecule has 1 aliphatic carbocycles. The largest absolute Gasteiger partial charge is 0.447 e. The lowest BCUT2D eigenvalue weighted by molar-refractivity contribution is 0.0641. The van der Waals surface area contributed by atoms with Gasteiger partial charge in [-0.15, -0.1) is 0 Å². The summed E-state index contributed by atoms with van der Waals surface area (Å²) in [6, 6.07) is 0. The number of nitrogens with one attached hydrogen (secondary N) is 1. The lowest BCUT2D eigenvalue weighted by Crippen LogP contribution is -2.45. The molecule has 5 nitrogen and oxygen atoms in total. The lowest BCUT2D eigenvalue weighted by Gasteiger charge is -2.28. The van der Waals surface area contributed by atoms with Gasteiger partial charge >= 0.3 is 6.09 Å². The maximum Gasteiger partial charge on any atom is 0.407 e. The molecule has 0 aromatic heterocycles. The standard InChI is InChI=1S/C21H34N2O3/c1-17(2)21(5)11-8-9-18(10-12-21)20(3,4)22-19(24)26-16-15-25-14-13-23(6)7/h8-12H,1,13-16H2,2-7H3,(H,22,24). The van der Waals surface area contributed by atoms with Crippen LogP contribution >= 0.6 is 0 Å². The van der Waals surface area contributed by atoms with Crippen molar-refractivity contribution < 1.29 is 14.3 Å². The fourth-order valence-corrected chi connectivity index (χ4v) is 2.33. The van der Waals surface area contributed by atoms with E-state index in [4.69, 9.17) is 9.47 Å². The van der Waals surface area contributed by atoms with Crippen LogP contribution in [0.2, 0.25) is 0 Å². The van der Waals surface area contributed by atoms with Crippen molar-refractivity contribution in [1.82, 2.24) is 10.2 Å². The maximum atomic E-state index is 12.1. The molecule has 1 unspecified atom stereocenters. The normalized spacial score (nSPS) is 19.9. The number of allylic oxidation sites excluding steroid dienone is 5. The van der Waals surface area contributed by atoms with E-state index in [1.165, 1.54) is 0 Å². The highest BCUT2D eigenvalue weighted by atomic mass is 16.6. The van der Waals surface area contributed by atoms with Crippen molar-refractivity contribution in [1.29, 1.82) is 0 Å². The Labute approximate surface area is 158 Å². The van der Waals surface area contributed by atoms with Gasteiger partial charge in [0, 0.05) is 12.0 Å². The molecule has 0 saturated heterocycles. The molecule has 0 fully saturated rings. The van der Waals surface area contributed by atoms with Gasteiger partial charge in [-0.25, -0.2) is 4.79 Å². The van der Waals surface area contributed by atoms with Gasteiger partial charge in [-0.05, 0) is 47.4 Å². The minimum absolute atomic E-state index is 0.182. The molecule has 26 heavy (non-hydrogen) atoms. The van der Waals surface area contributed by atoms with Crippen molar-refractivity contribution in [3.05, 3.63) is 48.1 Å². The summed E-state index contributed by atoms with van der Waals surface area (Å²) in [6.07, 6.45) is 9.83. The predicted molar refractivity (Wildman–Crippen MR) is 107 cm³/mol. The van der Waals surface area contributed by atoms with Crippen molar-refractivity contribution in [3.8, 4) is 0 Å². The molecule has 0 saturated carbocycles. The van der Waals surface area contributed by atoms with Crippen LogP contribution in [0, 0.1) is 5.41 Å². The van der Waals surface area contributed by atoms with Crippen LogP contribution in [-0.2, 0) is 9.47 Å². The Morgan fingerprint density at radius 3 is 2.58 bits per heavy atom. The van der Waals surface area contributed by atoms with Crippen molar-refractivity contribution in [2.75, 3.05) is 40.5 Å². The number of carbonyl (C=O) groups is 1. The van der Waals surface area contributed by atoms with E-state index >= 15 is 0 Å². The third kappa shape index (κ3) is 7.18. The SMILES string of the molecule is C=C(C)C1(C)C=CC=C(C(C)(C)NC(=O)OCCOCCN(C)C)C=C1. The number of nitrogens with zero attached hydrogens (tertiary/aromatic N) is 1. The van der Waals surface area contributed by atoms with Gasteiger partial charge in [0.25, 0.3) is 0 Å². The van der Waals surface area contributed by atoms with Crippen molar-refractivity contribution >= 4 is 6.09 Å². The van der Waals surface area contributed by atoms with Crippen molar-refractivity contribution in [3.63, 3.8) is 0 Å². The Hall–Kier alpha value is -1.85. The molecule has 1 aliphatic rings. The minimum Gasteiger partial charge on any atom is -0.447 e. The van der Waals surface area contributed by atoms with E-state index in [0.29, 0.717) is 13.2 Å². The summed E-state index contributed by atoms with van der Waals surface area (Å²) in [5, 5.41) is 2.92. The second-order valence-corrected chi connectivity index (χ2v) is 7.68. The summed E-state index contributed by atoms with van der Waals surface area (Å²) in [5.74, 6) is 0. The molecule has 0 heterocycles. The number of hydrogen-bond donors (Lipinski definition) is 1. The summed E-state index contributed by atoms with van der Waals surface area (Å²) in [4.78, 5) is 14.1. The summed E-state index contributed by atoms with van der Waals surface area (Å²) in [5.41, 5.74) is 1.33. The van der Waals surface area contributed by atoms with Gasteiger partial charge in [0.1, 0.15) is 6.61 Å². The van der Waals surface area contributed by atoms with Gasteiger partial charge in [-0.2, -0.15) is 0 Å². The van der Waals surface area contributed by atoms with Crippen LogP contribution < -0.4 is 5.32 Å². The second-order valence-electron chi connectivity index (χ2n) is 7.68. The summed E-state index contributed by atoms with van der Waals surface area (Å²) in [7, 11) is 3.97. The van der Waals surface area contributed by atoms with E-state index in [1.807, 2.05) is 58.0 Å². The van der Waals surface area contributed by atoms with Gasteiger partial charge in [0.15, 0.2) is 0 Å². The fourth-order valence-electron chi connectivity index (χ4n) is 2.33. The summed E-state index contributed by atoms with van der Waals surface area (Å²) >= 11 is 0. The Balaban J connectivity index is 2.50. The van der Waals surface area contributed by atoms with E-state index in [2.05, 4.69) is 31.0 Å². The molecule has 0 spiro atoms. The van der Waals surface area contributed by atoms with Crippen molar-refractivity contribution in [2.24, 2.45) is 5.41 Å². The van der Waals surface area contributed by atoms with Gasteiger partial charge in [-0.1, -0.05) is 42.5 Å². The zero-order valence-electron chi connectivity index (χ0n) is 17.1. The van der Waals surface area contributed by atoms with Gasteiger partial charge in [0.2, 0.25) is 0 Å². The number of amides is 1. The van der Waals surface area contributed by atoms with E-state index in [1.54, 1.807) is 0 Å². The third-order valence-electron chi connectivity index (χ3n) is 4.53. The molecule has 1 rings (SSSR count).